The number of hydrogen-bond acceptors (Lipinski definition) is 10. The number of aliphatic hydroxyl groups excluding tert-OH is 3. The molecule has 1 saturated heterocycles. The van der Waals surface area contributed by atoms with Gasteiger partial charge in [-0.15, -0.1) is 0 Å². The number of carboxylic acids is 1. The van der Waals surface area contributed by atoms with Crippen molar-refractivity contribution in [2.45, 2.75) is 24.3 Å². The summed E-state index contributed by atoms with van der Waals surface area (Å²) in [6.45, 7) is -0.734. The molecular weight excluding hydrogens is 451 g/mol. The molecule has 1 aromatic carbocycles. The monoisotopic (exact) mass is 474 g/mol. The average Bonchev–Trinajstić information content (AvgIpc) is 3.02. The first-order valence-electron chi connectivity index (χ1n) is 9.24. The summed E-state index contributed by atoms with van der Waals surface area (Å²) in [5.41, 5.74) is -1.85. The second kappa shape index (κ2) is 10.4. The van der Waals surface area contributed by atoms with Crippen molar-refractivity contribution in [1.82, 2.24) is 9.55 Å². The minimum absolute atomic E-state index is 0.0372. The number of benzene rings is 1. The maximum Gasteiger partial charge on any atom is 0.339 e. The second-order valence-corrected chi connectivity index (χ2v) is 6.55. The highest BCUT2D eigenvalue weighted by Gasteiger charge is 2.57. The number of halogens is 1. The van der Waals surface area contributed by atoms with E-state index in [1.165, 1.54) is 33.5 Å². The van der Waals surface area contributed by atoms with Gasteiger partial charge in [0.25, 0.3) is 5.56 Å². The highest BCUT2D eigenvalue weighted by atomic mass is 19.2. The van der Waals surface area contributed by atoms with Crippen molar-refractivity contribution >= 4 is 5.97 Å². The van der Waals surface area contributed by atoms with Crippen LogP contribution < -0.4 is 25.5 Å². The molecule has 5 N–H and O–H groups in total. The standard InChI is InChI=1S/C10H12O5.C9H11FN2O6/c1-13-7-5-4-6(10(11)12)8(14-2)9(7)15-3;10-9(7(16)6(15)4(3-13)18-9)12-2-1-5(14)11-8(12)17/h4-5H,1-3H3,(H,11,12);1-2,4,6-7,13,15-16H,3H2,(H,11,14,17)/t;4-,6-,7-,9+/m.1/s1. The van der Waals surface area contributed by atoms with Crippen LogP contribution in [-0.2, 0) is 10.7 Å². The summed E-state index contributed by atoms with van der Waals surface area (Å²) in [5.74, 6) is -3.26. The fraction of sp³-hybridized carbons (Fsp3) is 0.421. The molecule has 2 heterocycles. The summed E-state index contributed by atoms with van der Waals surface area (Å²) < 4.78 is 34.4. The molecule has 0 bridgehead atoms. The number of aromatic nitrogens is 2. The summed E-state index contributed by atoms with van der Waals surface area (Å²) >= 11 is 0. The number of H-pyrrole nitrogens is 1. The van der Waals surface area contributed by atoms with E-state index in [2.05, 4.69) is 4.74 Å². The van der Waals surface area contributed by atoms with E-state index in [4.69, 9.17) is 24.4 Å². The molecule has 0 saturated carbocycles. The van der Waals surface area contributed by atoms with Gasteiger partial charge in [0.05, 0.1) is 27.9 Å². The summed E-state index contributed by atoms with van der Waals surface area (Å²) in [6, 6.07) is 3.78. The summed E-state index contributed by atoms with van der Waals surface area (Å²) in [6.07, 6.45) is -4.35. The van der Waals surface area contributed by atoms with Crippen molar-refractivity contribution in [1.29, 1.82) is 0 Å². The van der Waals surface area contributed by atoms with E-state index in [9.17, 15) is 29.0 Å². The van der Waals surface area contributed by atoms with Gasteiger partial charge in [0.15, 0.2) is 17.6 Å². The van der Waals surface area contributed by atoms with Crippen LogP contribution in [0.25, 0.3) is 0 Å². The highest BCUT2D eigenvalue weighted by Crippen LogP contribution is 2.39. The third-order valence-corrected chi connectivity index (χ3v) is 4.65. The van der Waals surface area contributed by atoms with E-state index in [1.54, 1.807) is 4.98 Å². The molecule has 14 heteroatoms. The first-order valence-corrected chi connectivity index (χ1v) is 9.24. The smallest absolute Gasteiger partial charge is 0.339 e. The molecule has 1 fully saturated rings. The van der Waals surface area contributed by atoms with Gasteiger partial charge in [-0.25, -0.2) is 14.2 Å². The van der Waals surface area contributed by atoms with Crippen LogP contribution in [0.1, 0.15) is 10.4 Å². The Balaban J connectivity index is 0.000000238. The third-order valence-electron chi connectivity index (χ3n) is 4.65. The number of aliphatic hydroxyl groups is 3. The zero-order chi connectivity index (χ0) is 24.9. The lowest BCUT2D eigenvalue weighted by Gasteiger charge is -2.24. The van der Waals surface area contributed by atoms with Crippen LogP contribution in [0.3, 0.4) is 0 Å². The highest BCUT2D eigenvalue weighted by molar-refractivity contribution is 5.92. The van der Waals surface area contributed by atoms with Gasteiger partial charge in [-0.2, -0.15) is 4.39 Å². The number of rotatable bonds is 6. The topological polar surface area (TPSA) is 190 Å². The lowest BCUT2D eigenvalue weighted by molar-refractivity contribution is -0.239. The Morgan fingerprint density at radius 3 is 2.24 bits per heavy atom. The minimum Gasteiger partial charge on any atom is -0.493 e. The van der Waals surface area contributed by atoms with Gasteiger partial charge in [0.2, 0.25) is 5.75 Å². The lowest BCUT2D eigenvalue weighted by Crippen LogP contribution is -2.48. The fourth-order valence-corrected chi connectivity index (χ4v) is 3.04. The molecule has 0 radical (unpaired) electrons. The number of carbonyl (C=O) groups is 1. The predicted molar refractivity (Wildman–Crippen MR) is 107 cm³/mol. The van der Waals surface area contributed by atoms with Crippen LogP contribution in [0.15, 0.2) is 34.0 Å². The number of ether oxygens (including phenoxy) is 4. The van der Waals surface area contributed by atoms with Gasteiger partial charge in [-0.3, -0.25) is 9.78 Å². The van der Waals surface area contributed by atoms with Crippen LogP contribution in [0.5, 0.6) is 17.2 Å². The maximum absolute atomic E-state index is 14.4. The van der Waals surface area contributed by atoms with Crippen LogP contribution in [0, 0.1) is 0 Å². The number of methoxy groups -OCH3 is 3. The molecule has 0 aliphatic carbocycles. The molecule has 0 amide bonds. The van der Waals surface area contributed by atoms with Crippen LogP contribution >= 0.6 is 0 Å². The van der Waals surface area contributed by atoms with Crippen molar-refractivity contribution in [3.05, 3.63) is 50.8 Å². The summed E-state index contributed by atoms with van der Waals surface area (Å²) in [5, 5.41) is 36.7. The molecule has 2 aromatic rings. The van der Waals surface area contributed by atoms with Gasteiger partial charge in [-0.1, -0.05) is 0 Å². The summed E-state index contributed by atoms with van der Waals surface area (Å²) in [7, 11) is 4.27. The molecule has 0 spiro atoms. The largest absolute Gasteiger partial charge is 0.493 e. The van der Waals surface area contributed by atoms with Gasteiger partial charge < -0.3 is 39.4 Å². The minimum atomic E-state index is -3.05. The zero-order valence-corrected chi connectivity index (χ0v) is 17.7. The van der Waals surface area contributed by atoms with Crippen LogP contribution in [-0.4, -0.2) is 82.2 Å². The summed E-state index contributed by atoms with van der Waals surface area (Å²) in [4.78, 5) is 34.9. The second-order valence-electron chi connectivity index (χ2n) is 6.55. The van der Waals surface area contributed by atoms with Crippen LogP contribution in [0.4, 0.5) is 4.39 Å². The Bertz CT molecular complexity index is 1100. The number of aromatic amines is 1. The molecule has 1 aliphatic rings. The quantitative estimate of drug-likeness (QED) is 0.332. The van der Waals surface area contributed by atoms with E-state index in [0.29, 0.717) is 10.3 Å². The van der Waals surface area contributed by atoms with E-state index >= 15 is 0 Å². The maximum atomic E-state index is 14.4. The Kier molecular flexibility index (Phi) is 8.16. The first kappa shape index (κ1) is 25.8. The zero-order valence-electron chi connectivity index (χ0n) is 17.7. The Labute approximate surface area is 185 Å². The molecule has 33 heavy (non-hydrogen) atoms. The number of hydrogen-bond donors (Lipinski definition) is 5. The average molecular weight is 474 g/mol. The fourth-order valence-electron chi connectivity index (χ4n) is 3.04. The number of aromatic carboxylic acids is 1. The van der Waals surface area contributed by atoms with Gasteiger partial charge >= 0.3 is 17.6 Å². The normalized spacial score (nSPS) is 23.9. The van der Waals surface area contributed by atoms with Crippen molar-refractivity contribution in [3.8, 4) is 17.2 Å². The number of alkyl halides is 1. The number of nitrogens with zero attached hydrogens (tertiary/aromatic N) is 1. The van der Waals surface area contributed by atoms with Crippen molar-refractivity contribution in [2.24, 2.45) is 0 Å². The number of carboxylic acid groups (broad SMARTS) is 1. The Morgan fingerprint density at radius 2 is 1.79 bits per heavy atom. The van der Waals surface area contributed by atoms with Crippen molar-refractivity contribution in [3.63, 3.8) is 0 Å². The molecule has 1 aliphatic heterocycles. The molecular formula is C19H23FN2O11. The predicted octanol–water partition coefficient (Wildman–Crippen LogP) is -1.36. The molecule has 182 valence electrons. The van der Waals surface area contributed by atoms with Crippen LogP contribution in [0.2, 0.25) is 0 Å². The van der Waals surface area contributed by atoms with Crippen molar-refractivity contribution < 1.29 is 48.6 Å². The molecule has 1 aromatic heterocycles. The van der Waals surface area contributed by atoms with E-state index in [0.717, 1.165) is 12.3 Å². The molecule has 13 nitrogen and oxygen atoms in total. The van der Waals surface area contributed by atoms with Gasteiger partial charge in [0.1, 0.15) is 17.8 Å². The third kappa shape index (κ3) is 4.98. The SMILES string of the molecule is COc1ccc(C(=O)O)c(OC)c1OC.O=c1ccn([C@]2(F)O[C@H](CO)[C@@H](O)[C@H]2O)c(=O)[nH]1. The molecule has 3 rings (SSSR count). The first-order chi connectivity index (χ1) is 15.5. The van der Waals surface area contributed by atoms with Crippen molar-refractivity contribution in [2.75, 3.05) is 27.9 Å². The van der Waals surface area contributed by atoms with E-state index < -0.39 is 48.1 Å². The Hall–Kier alpha value is -3.46. The van der Waals surface area contributed by atoms with E-state index in [1.807, 2.05) is 0 Å². The Morgan fingerprint density at radius 1 is 1.15 bits per heavy atom. The lowest BCUT2D eigenvalue weighted by atomic mass is 10.1. The molecule has 0 unspecified atom stereocenters. The number of nitrogens with one attached hydrogen (secondary N) is 1. The van der Waals surface area contributed by atoms with Gasteiger partial charge in [-0.05, 0) is 12.1 Å². The van der Waals surface area contributed by atoms with E-state index in [-0.39, 0.29) is 17.1 Å². The molecule has 4 atom stereocenters. The van der Waals surface area contributed by atoms with Gasteiger partial charge in [0, 0.05) is 12.3 Å².